The Morgan fingerprint density at radius 1 is 1.25 bits per heavy atom. The Balaban J connectivity index is 3.28. The number of rotatable bonds is 1. The number of hydrogen-bond acceptors (Lipinski definition) is 2. The van der Waals surface area contributed by atoms with E-state index in [0.29, 0.717) is 5.56 Å². The highest BCUT2D eigenvalue weighted by Gasteiger charge is 2.10. The molecule has 1 atom stereocenters. The van der Waals surface area contributed by atoms with Gasteiger partial charge in [-0.15, -0.1) is 0 Å². The number of aliphatic hydroxyl groups is 1. The summed E-state index contributed by atoms with van der Waals surface area (Å²) in [6, 6.07) is 3.61. The van der Waals surface area contributed by atoms with Gasteiger partial charge in [0.25, 0.3) is 0 Å². The lowest BCUT2D eigenvalue weighted by Crippen LogP contribution is -1.96. The molecule has 1 unspecified atom stereocenters. The molecule has 1 aromatic rings. The number of benzene rings is 1. The summed E-state index contributed by atoms with van der Waals surface area (Å²) >= 11 is 0. The molecular formula is C10H14O2. The summed E-state index contributed by atoms with van der Waals surface area (Å²) in [6.45, 7) is 5.45. The Morgan fingerprint density at radius 2 is 1.83 bits per heavy atom. The van der Waals surface area contributed by atoms with Gasteiger partial charge in [-0.05, 0) is 38.0 Å². The van der Waals surface area contributed by atoms with E-state index in [-0.39, 0.29) is 5.75 Å². The average Bonchev–Trinajstić information content (AvgIpc) is 1.82. The second-order valence-corrected chi connectivity index (χ2v) is 3.19. The molecule has 0 heterocycles. The van der Waals surface area contributed by atoms with Crippen LogP contribution >= 0.6 is 0 Å². The Kier molecular flexibility index (Phi) is 2.38. The van der Waals surface area contributed by atoms with Crippen molar-refractivity contribution in [3.8, 4) is 5.75 Å². The minimum absolute atomic E-state index is 0.183. The molecule has 0 radical (unpaired) electrons. The highest BCUT2D eigenvalue weighted by atomic mass is 16.3. The van der Waals surface area contributed by atoms with Crippen LogP contribution in [0.2, 0.25) is 0 Å². The molecule has 0 aliphatic rings. The molecule has 66 valence electrons. The summed E-state index contributed by atoms with van der Waals surface area (Å²) in [7, 11) is 0. The maximum Gasteiger partial charge on any atom is 0.121 e. The molecule has 0 aliphatic heterocycles. The quantitative estimate of drug-likeness (QED) is 0.670. The van der Waals surface area contributed by atoms with Crippen LogP contribution in [0.5, 0.6) is 5.75 Å². The van der Waals surface area contributed by atoms with Gasteiger partial charge in [0.2, 0.25) is 0 Å². The van der Waals surface area contributed by atoms with E-state index < -0.39 is 6.10 Å². The van der Waals surface area contributed by atoms with Crippen molar-refractivity contribution in [3.63, 3.8) is 0 Å². The third-order valence-corrected chi connectivity index (χ3v) is 1.93. The van der Waals surface area contributed by atoms with Crippen LogP contribution in [0.4, 0.5) is 0 Å². The molecule has 2 N–H and O–H groups in total. The molecule has 0 aliphatic carbocycles. The van der Waals surface area contributed by atoms with Crippen molar-refractivity contribution in [2.45, 2.75) is 26.9 Å². The topological polar surface area (TPSA) is 40.5 Å². The standard InChI is InChI=1S/C10H14O2/c1-6-4-7(2)10(8(3)11)9(12)5-6/h4-5,8,11-12H,1-3H3. The normalized spacial score (nSPS) is 13.0. The first-order valence-electron chi connectivity index (χ1n) is 4.00. The van der Waals surface area contributed by atoms with E-state index in [1.807, 2.05) is 19.9 Å². The van der Waals surface area contributed by atoms with Crippen LogP contribution in [0.1, 0.15) is 29.7 Å². The molecule has 0 saturated heterocycles. The fourth-order valence-corrected chi connectivity index (χ4v) is 1.50. The zero-order chi connectivity index (χ0) is 9.30. The molecule has 0 aromatic heterocycles. The van der Waals surface area contributed by atoms with Crippen molar-refractivity contribution in [1.82, 2.24) is 0 Å². The summed E-state index contributed by atoms with van der Waals surface area (Å²) in [5.74, 6) is 0.183. The molecule has 0 fully saturated rings. The van der Waals surface area contributed by atoms with Gasteiger partial charge in [-0.3, -0.25) is 0 Å². The average molecular weight is 166 g/mol. The molecular weight excluding hydrogens is 152 g/mol. The second-order valence-electron chi connectivity index (χ2n) is 3.19. The van der Waals surface area contributed by atoms with Crippen LogP contribution in [0, 0.1) is 13.8 Å². The van der Waals surface area contributed by atoms with Gasteiger partial charge in [-0.2, -0.15) is 0 Å². The summed E-state index contributed by atoms with van der Waals surface area (Å²) in [5.41, 5.74) is 2.57. The lowest BCUT2D eigenvalue weighted by molar-refractivity contribution is 0.194. The van der Waals surface area contributed by atoms with Crippen LogP contribution in [-0.4, -0.2) is 10.2 Å². The first-order valence-corrected chi connectivity index (χ1v) is 4.00. The van der Waals surface area contributed by atoms with E-state index in [4.69, 9.17) is 0 Å². The van der Waals surface area contributed by atoms with E-state index in [2.05, 4.69) is 0 Å². The Hall–Kier alpha value is -1.02. The van der Waals surface area contributed by atoms with E-state index in [1.165, 1.54) is 0 Å². The predicted octanol–water partition coefficient (Wildman–Crippen LogP) is 2.06. The molecule has 1 rings (SSSR count). The number of phenolic OH excluding ortho intramolecular Hbond substituents is 1. The summed E-state index contributed by atoms with van der Waals surface area (Å²) in [5, 5.41) is 18.8. The fraction of sp³-hybridized carbons (Fsp3) is 0.400. The molecule has 2 heteroatoms. The molecule has 0 amide bonds. The minimum atomic E-state index is -0.606. The second kappa shape index (κ2) is 3.15. The Morgan fingerprint density at radius 3 is 2.25 bits per heavy atom. The van der Waals surface area contributed by atoms with Gasteiger partial charge in [0.15, 0.2) is 0 Å². The summed E-state index contributed by atoms with van der Waals surface area (Å²) in [6.07, 6.45) is -0.606. The van der Waals surface area contributed by atoms with Gasteiger partial charge in [0.1, 0.15) is 5.75 Å². The van der Waals surface area contributed by atoms with Crippen molar-refractivity contribution >= 4 is 0 Å². The van der Waals surface area contributed by atoms with Crippen molar-refractivity contribution in [2.75, 3.05) is 0 Å². The van der Waals surface area contributed by atoms with Crippen LogP contribution in [0.25, 0.3) is 0 Å². The molecule has 2 nitrogen and oxygen atoms in total. The predicted molar refractivity (Wildman–Crippen MR) is 48.2 cm³/mol. The largest absolute Gasteiger partial charge is 0.508 e. The van der Waals surface area contributed by atoms with Gasteiger partial charge in [-0.25, -0.2) is 0 Å². The summed E-state index contributed by atoms with van der Waals surface area (Å²) in [4.78, 5) is 0. The monoisotopic (exact) mass is 166 g/mol. The van der Waals surface area contributed by atoms with Gasteiger partial charge in [-0.1, -0.05) is 6.07 Å². The van der Waals surface area contributed by atoms with E-state index in [0.717, 1.165) is 11.1 Å². The Bertz CT molecular complexity index is 267. The SMILES string of the molecule is Cc1cc(C)c(C(C)O)c(O)c1. The van der Waals surface area contributed by atoms with E-state index >= 15 is 0 Å². The van der Waals surface area contributed by atoms with Gasteiger partial charge in [0, 0.05) is 5.56 Å². The van der Waals surface area contributed by atoms with Crippen LogP contribution in [0.3, 0.4) is 0 Å². The number of aromatic hydroxyl groups is 1. The van der Waals surface area contributed by atoms with E-state index in [9.17, 15) is 10.2 Å². The zero-order valence-corrected chi connectivity index (χ0v) is 7.63. The highest BCUT2D eigenvalue weighted by Crippen LogP contribution is 2.28. The number of aryl methyl sites for hydroxylation is 2. The molecule has 0 saturated carbocycles. The van der Waals surface area contributed by atoms with Crippen molar-refractivity contribution in [3.05, 3.63) is 28.8 Å². The molecule has 0 spiro atoms. The van der Waals surface area contributed by atoms with Gasteiger partial charge < -0.3 is 10.2 Å². The lowest BCUT2D eigenvalue weighted by Gasteiger charge is -2.11. The number of phenols is 1. The van der Waals surface area contributed by atoms with Crippen LogP contribution < -0.4 is 0 Å². The summed E-state index contributed by atoms with van der Waals surface area (Å²) < 4.78 is 0. The van der Waals surface area contributed by atoms with Crippen molar-refractivity contribution in [1.29, 1.82) is 0 Å². The maximum atomic E-state index is 9.48. The molecule has 12 heavy (non-hydrogen) atoms. The third-order valence-electron chi connectivity index (χ3n) is 1.93. The van der Waals surface area contributed by atoms with Crippen LogP contribution in [0.15, 0.2) is 12.1 Å². The number of aliphatic hydroxyl groups excluding tert-OH is 1. The highest BCUT2D eigenvalue weighted by molar-refractivity contribution is 5.43. The lowest BCUT2D eigenvalue weighted by atomic mass is 10.0. The minimum Gasteiger partial charge on any atom is -0.508 e. The maximum absolute atomic E-state index is 9.48. The molecule has 0 bridgehead atoms. The number of hydrogen-bond donors (Lipinski definition) is 2. The third kappa shape index (κ3) is 1.59. The van der Waals surface area contributed by atoms with Crippen LogP contribution in [-0.2, 0) is 0 Å². The first-order chi connectivity index (χ1) is 5.52. The van der Waals surface area contributed by atoms with Gasteiger partial charge >= 0.3 is 0 Å². The van der Waals surface area contributed by atoms with Gasteiger partial charge in [0.05, 0.1) is 6.10 Å². The Labute approximate surface area is 72.5 Å². The van der Waals surface area contributed by atoms with Crippen molar-refractivity contribution < 1.29 is 10.2 Å². The zero-order valence-electron chi connectivity index (χ0n) is 7.63. The smallest absolute Gasteiger partial charge is 0.121 e. The molecule has 1 aromatic carbocycles. The van der Waals surface area contributed by atoms with E-state index in [1.54, 1.807) is 13.0 Å². The van der Waals surface area contributed by atoms with Crippen molar-refractivity contribution in [2.24, 2.45) is 0 Å². The fourth-order valence-electron chi connectivity index (χ4n) is 1.50. The first kappa shape index (κ1) is 9.07.